The first-order valence-corrected chi connectivity index (χ1v) is 6.92. The summed E-state index contributed by atoms with van der Waals surface area (Å²) < 4.78 is 10.7. The summed E-state index contributed by atoms with van der Waals surface area (Å²) >= 11 is 0. The second kappa shape index (κ2) is 5.41. The lowest BCUT2D eigenvalue weighted by atomic mass is 10.0. The second-order valence-corrected chi connectivity index (χ2v) is 5.63. The fraction of sp³-hybridized carbons (Fsp3) is 0.250. The van der Waals surface area contributed by atoms with E-state index >= 15 is 0 Å². The average Bonchev–Trinajstić information content (AvgIpc) is 2.24. The molecule has 0 heterocycles. The lowest BCUT2D eigenvalue weighted by Crippen LogP contribution is -2.01. The Morgan fingerprint density at radius 3 is 2.59 bits per heavy atom. The molecular weight excluding hydrogens is 239 g/mol. The minimum atomic E-state index is -4.09. The third-order valence-electron chi connectivity index (χ3n) is 2.27. The number of Topliss-reactive ketones (excluding diaryl/α,β-unsaturated/α-hetero) is 1. The smallest absolute Gasteiger partial charge is 0.324 e. The minimum Gasteiger partial charge on any atom is -0.324 e. The fourth-order valence-electron chi connectivity index (χ4n) is 1.36. The quantitative estimate of drug-likeness (QED) is 0.491. The predicted molar refractivity (Wildman–Crippen MR) is 66.2 cm³/mol. The molecule has 0 amide bonds. The maximum absolute atomic E-state index is 11.9. The molecule has 2 N–H and O–H groups in total. The van der Waals surface area contributed by atoms with Crippen LogP contribution >= 0.6 is 7.60 Å². The SMILES string of the molecule is CC(=CCP(=O)(O)O)C(=O)c1cccc(C)c1. The molecule has 0 radical (unpaired) electrons. The Kier molecular flexibility index (Phi) is 4.40. The van der Waals surface area contributed by atoms with Gasteiger partial charge in [0.2, 0.25) is 0 Å². The van der Waals surface area contributed by atoms with Gasteiger partial charge in [-0.1, -0.05) is 29.8 Å². The average molecular weight is 254 g/mol. The molecule has 1 rings (SSSR count). The van der Waals surface area contributed by atoms with Crippen LogP contribution in [-0.2, 0) is 4.57 Å². The van der Waals surface area contributed by atoms with Gasteiger partial charge in [-0.2, -0.15) is 0 Å². The molecule has 0 unspecified atom stereocenters. The van der Waals surface area contributed by atoms with Gasteiger partial charge in [-0.15, -0.1) is 0 Å². The van der Waals surface area contributed by atoms with Crippen LogP contribution in [0, 0.1) is 6.92 Å². The Labute approximate surface area is 100 Å². The zero-order valence-electron chi connectivity index (χ0n) is 9.75. The number of rotatable bonds is 4. The Hall–Kier alpha value is -1.22. The van der Waals surface area contributed by atoms with Crippen LogP contribution in [0.1, 0.15) is 22.8 Å². The molecule has 17 heavy (non-hydrogen) atoms. The molecule has 0 aliphatic rings. The Morgan fingerprint density at radius 1 is 1.41 bits per heavy atom. The standard InChI is InChI=1S/C12H15O4P/c1-9-4-3-5-11(8-9)12(13)10(2)6-7-17(14,15)16/h3-6,8H,7H2,1-2H3,(H2,14,15,16). The van der Waals surface area contributed by atoms with Crippen molar-refractivity contribution < 1.29 is 19.1 Å². The van der Waals surface area contributed by atoms with Crippen LogP contribution in [0.3, 0.4) is 0 Å². The summed E-state index contributed by atoms with van der Waals surface area (Å²) in [6, 6.07) is 7.09. The van der Waals surface area contributed by atoms with Gasteiger partial charge in [-0.3, -0.25) is 9.36 Å². The van der Waals surface area contributed by atoms with E-state index in [-0.39, 0.29) is 5.78 Å². The van der Waals surface area contributed by atoms with Gasteiger partial charge < -0.3 is 9.79 Å². The van der Waals surface area contributed by atoms with Crippen molar-refractivity contribution in [1.29, 1.82) is 0 Å². The normalized spacial score (nSPS) is 12.6. The molecule has 0 saturated heterocycles. The van der Waals surface area contributed by atoms with Crippen molar-refractivity contribution in [2.75, 3.05) is 6.16 Å². The van der Waals surface area contributed by atoms with E-state index in [1.807, 2.05) is 13.0 Å². The van der Waals surface area contributed by atoms with Crippen LogP contribution < -0.4 is 0 Å². The number of aryl methyl sites for hydroxylation is 1. The van der Waals surface area contributed by atoms with Crippen LogP contribution in [0.2, 0.25) is 0 Å². The molecule has 0 saturated carbocycles. The van der Waals surface area contributed by atoms with Crippen molar-refractivity contribution in [2.45, 2.75) is 13.8 Å². The number of carbonyl (C=O) groups is 1. The van der Waals surface area contributed by atoms with E-state index in [1.165, 1.54) is 6.08 Å². The van der Waals surface area contributed by atoms with E-state index < -0.39 is 13.8 Å². The number of hydrogen-bond acceptors (Lipinski definition) is 2. The first-order chi connectivity index (χ1) is 7.79. The molecule has 0 fully saturated rings. The molecule has 92 valence electrons. The van der Waals surface area contributed by atoms with Crippen LogP contribution in [0.5, 0.6) is 0 Å². The summed E-state index contributed by atoms with van der Waals surface area (Å²) in [6.45, 7) is 3.44. The topological polar surface area (TPSA) is 74.6 Å². The highest BCUT2D eigenvalue weighted by molar-refractivity contribution is 7.51. The molecule has 1 aromatic rings. The Balaban J connectivity index is 2.87. The summed E-state index contributed by atoms with van der Waals surface area (Å²) in [6.07, 6.45) is 0.877. The van der Waals surface area contributed by atoms with Gasteiger partial charge in [0.05, 0.1) is 6.16 Å². The highest BCUT2D eigenvalue weighted by atomic mass is 31.2. The monoisotopic (exact) mass is 254 g/mol. The first kappa shape index (κ1) is 13.8. The van der Waals surface area contributed by atoms with E-state index in [0.29, 0.717) is 11.1 Å². The summed E-state index contributed by atoms with van der Waals surface area (Å²) in [5, 5.41) is 0. The maximum Gasteiger partial charge on any atom is 0.329 e. The molecule has 1 aromatic carbocycles. The van der Waals surface area contributed by atoms with Crippen molar-refractivity contribution in [1.82, 2.24) is 0 Å². The highest BCUT2D eigenvalue weighted by Crippen LogP contribution is 2.34. The van der Waals surface area contributed by atoms with Gasteiger partial charge in [0, 0.05) is 5.56 Å². The molecule has 0 aromatic heterocycles. The lowest BCUT2D eigenvalue weighted by Gasteiger charge is -2.03. The van der Waals surface area contributed by atoms with Crippen LogP contribution in [0.15, 0.2) is 35.9 Å². The highest BCUT2D eigenvalue weighted by Gasteiger charge is 2.13. The second-order valence-electron chi connectivity index (χ2n) is 3.93. The van der Waals surface area contributed by atoms with Crippen molar-refractivity contribution in [3.05, 3.63) is 47.0 Å². The largest absolute Gasteiger partial charge is 0.329 e. The van der Waals surface area contributed by atoms with E-state index in [1.54, 1.807) is 25.1 Å². The maximum atomic E-state index is 11.9. The number of benzene rings is 1. The number of carbonyl (C=O) groups excluding carboxylic acids is 1. The molecule has 0 bridgehead atoms. The molecule has 0 aliphatic heterocycles. The molecule has 5 heteroatoms. The number of allylic oxidation sites excluding steroid dienone is 2. The summed E-state index contributed by atoms with van der Waals surface area (Å²) in [7, 11) is -4.09. The Bertz CT molecular complexity index is 499. The molecular formula is C12H15O4P. The van der Waals surface area contributed by atoms with E-state index in [0.717, 1.165) is 5.56 Å². The lowest BCUT2D eigenvalue weighted by molar-refractivity contribution is 0.103. The zero-order chi connectivity index (χ0) is 13.1. The van der Waals surface area contributed by atoms with Crippen molar-refractivity contribution in [3.8, 4) is 0 Å². The first-order valence-electron chi connectivity index (χ1n) is 5.12. The summed E-state index contributed by atoms with van der Waals surface area (Å²) in [5.41, 5.74) is 1.85. The number of ketones is 1. The van der Waals surface area contributed by atoms with Gasteiger partial charge in [-0.05, 0) is 25.5 Å². The predicted octanol–water partition coefficient (Wildman–Crippen LogP) is 2.30. The third kappa shape index (κ3) is 4.65. The number of hydrogen-bond donors (Lipinski definition) is 2. The van der Waals surface area contributed by atoms with Gasteiger partial charge >= 0.3 is 7.60 Å². The van der Waals surface area contributed by atoms with Crippen LogP contribution in [0.25, 0.3) is 0 Å². The Morgan fingerprint density at radius 2 is 2.06 bits per heavy atom. The van der Waals surface area contributed by atoms with Gasteiger partial charge in [-0.25, -0.2) is 0 Å². The third-order valence-corrected chi connectivity index (χ3v) is 2.93. The van der Waals surface area contributed by atoms with Gasteiger partial charge in [0.25, 0.3) is 0 Å². The van der Waals surface area contributed by atoms with E-state index in [9.17, 15) is 9.36 Å². The van der Waals surface area contributed by atoms with Crippen LogP contribution in [-0.4, -0.2) is 21.7 Å². The molecule has 0 aliphatic carbocycles. The van der Waals surface area contributed by atoms with E-state index in [2.05, 4.69) is 0 Å². The van der Waals surface area contributed by atoms with Crippen molar-refractivity contribution in [3.63, 3.8) is 0 Å². The van der Waals surface area contributed by atoms with Gasteiger partial charge in [0.15, 0.2) is 5.78 Å². The minimum absolute atomic E-state index is 0.206. The molecule has 0 atom stereocenters. The van der Waals surface area contributed by atoms with Gasteiger partial charge in [0.1, 0.15) is 0 Å². The summed E-state index contributed by atoms with van der Waals surface area (Å²) in [4.78, 5) is 29.3. The zero-order valence-corrected chi connectivity index (χ0v) is 10.6. The van der Waals surface area contributed by atoms with E-state index in [4.69, 9.17) is 9.79 Å². The van der Waals surface area contributed by atoms with Crippen molar-refractivity contribution >= 4 is 13.4 Å². The van der Waals surface area contributed by atoms with Crippen LogP contribution in [0.4, 0.5) is 0 Å². The molecule has 4 nitrogen and oxygen atoms in total. The summed E-state index contributed by atoms with van der Waals surface area (Å²) in [5.74, 6) is -0.206. The van der Waals surface area contributed by atoms with Crippen molar-refractivity contribution in [2.24, 2.45) is 0 Å². The fourth-order valence-corrected chi connectivity index (χ4v) is 1.87. The molecule has 0 spiro atoms.